The maximum atomic E-state index is 5.61. The molecule has 0 fully saturated rings. The summed E-state index contributed by atoms with van der Waals surface area (Å²) in [6, 6.07) is 73.2. The van der Waals surface area contributed by atoms with Crippen LogP contribution in [-0.2, 0) is 0 Å². The Morgan fingerprint density at radius 2 is 0.700 bits per heavy atom. The van der Waals surface area contributed by atoms with Gasteiger partial charge in [0, 0.05) is 38.0 Å². The fourth-order valence-electron chi connectivity index (χ4n) is 10.5. The fraction of sp³-hybridized carbons (Fsp3) is 0. The van der Waals surface area contributed by atoms with Crippen molar-refractivity contribution in [2.24, 2.45) is 0 Å². The van der Waals surface area contributed by atoms with Crippen molar-refractivity contribution in [1.82, 2.24) is 22.9 Å². The highest BCUT2D eigenvalue weighted by atomic mass is 15.2. The van der Waals surface area contributed by atoms with Gasteiger partial charge in [-0.2, -0.15) is 0 Å². The van der Waals surface area contributed by atoms with Crippen LogP contribution in [-0.4, -0.2) is 22.9 Å². The van der Waals surface area contributed by atoms with Gasteiger partial charge in [-0.05, 0) is 76.1 Å². The summed E-state index contributed by atoms with van der Waals surface area (Å²) < 4.78 is 9.73. The van der Waals surface area contributed by atoms with Crippen LogP contribution in [0.25, 0.3) is 121 Å². The lowest BCUT2D eigenvalue weighted by molar-refractivity contribution is 1.15. The van der Waals surface area contributed by atoms with Gasteiger partial charge in [0.1, 0.15) is 0 Å². The second-order valence-corrected chi connectivity index (χ2v) is 15.9. The third kappa shape index (κ3) is 4.08. The van der Waals surface area contributed by atoms with Crippen LogP contribution < -0.4 is 0 Å². The molecular formula is C55H33N5. The van der Waals surface area contributed by atoms with Gasteiger partial charge in [0.15, 0.2) is 0 Å². The van der Waals surface area contributed by atoms with E-state index in [0.29, 0.717) is 0 Å². The van der Waals surface area contributed by atoms with Gasteiger partial charge >= 0.3 is 0 Å². The summed E-state index contributed by atoms with van der Waals surface area (Å²) in [5.41, 5.74) is 12.2. The molecule has 0 amide bonds. The predicted molar refractivity (Wildman–Crippen MR) is 251 cm³/mol. The number of rotatable bonds is 2. The van der Waals surface area contributed by atoms with Gasteiger partial charge in [0.2, 0.25) is 5.78 Å². The Kier molecular flexibility index (Phi) is 6.23. The molecular weight excluding hydrogens is 731 g/mol. The van der Waals surface area contributed by atoms with Crippen LogP contribution in [0.1, 0.15) is 0 Å². The van der Waals surface area contributed by atoms with E-state index in [1.54, 1.807) is 0 Å². The van der Waals surface area contributed by atoms with Crippen LogP contribution in [0.2, 0.25) is 0 Å². The first-order valence-corrected chi connectivity index (χ1v) is 20.6. The number of fused-ring (bicyclic) bond motifs is 18. The van der Waals surface area contributed by atoms with Crippen molar-refractivity contribution in [2.45, 2.75) is 0 Å². The molecule has 14 aromatic rings. The molecule has 278 valence electrons. The van der Waals surface area contributed by atoms with E-state index in [4.69, 9.17) is 4.98 Å². The standard InChI is InChI=1S/C55H33N5/c1-3-17-37-35(15-1)36-16-2-4-18-38(36)44-24-14-30-51-54(44)60(53-43(37)23-13-29-50(53)58-48-27-11-7-21-41(48)42-22-8-12-28-49(42)58)55-56-45-32-31-34(33-52(45)59(51)55)57-46-25-9-5-19-39(46)40-20-6-10-26-47(40)57/h1-33H. The molecule has 0 aliphatic carbocycles. The molecule has 5 aromatic heterocycles. The minimum atomic E-state index is 0.873. The smallest absolute Gasteiger partial charge is 0.220 e. The van der Waals surface area contributed by atoms with E-state index in [2.05, 4.69) is 218 Å². The summed E-state index contributed by atoms with van der Waals surface area (Å²) in [4.78, 5) is 5.61. The summed E-state index contributed by atoms with van der Waals surface area (Å²) in [6.45, 7) is 0. The Labute approximate surface area is 342 Å². The number of benzene rings is 9. The molecule has 5 heterocycles. The van der Waals surface area contributed by atoms with Gasteiger partial charge in [-0.1, -0.05) is 146 Å². The van der Waals surface area contributed by atoms with Crippen LogP contribution >= 0.6 is 0 Å². The molecule has 14 rings (SSSR count). The monoisotopic (exact) mass is 763 g/mol. The van der Waals surface area contributed by atoms with E-state index in [-0.39, 0.29) is 0 Å². The minimum Gasteiger partial charge on any atom is -0.309 e. The molecule has 5 heteroatoms. The SMILES string of the molecule is c1ccc2c(c1)c1ccccc1c1cccc3c1n(c1c(-n4c5ccccc5c5ccccc54)cccc21)c1nc2ccc(-n4c5ccccc5c5ccccc54)cc2n31. The van der Waals surface area contributed by atoms with Gasteiger partial charge in [-0.15, -0.1) is 0 Å². The summed E-state index contributed by atoms with van der Waals surface area (Å²) in [6.07, 6.45) is 0. The molecule has 0 spiro atoms. The average Bonchev–Trinajstić information content (AvgIpc) is 4.05. The topological polar surface area (TPSA) is 31.6 Å². The van der Waals surface area contributed by atoms with Crippen molar-refractivity contribution in [3.05, 3.63) is 200 Å². The summed E-state index contributed by atoms with van der Waals surface area (Å²) in [7, 11) is 0. The van der Waals surface area contributed by atoms with Crippen LogP contribution in [0, 0.1) is 0 Å². The number of para-hydroxylation sites is 6. The molecule has 0 saturated heterocycles. The first kappa shape index (κ1) is 31.9. The third-order valence-corrected chi connectivity index (χ3v) is 12.9. The Bertz CT molecular complexity index is 4090. The predicted octanol–water partition coefficient (Wildman–Crippen LogP) is 14.1. The molecule has 9 aromatic carbocycles. The highest BCUT2D eigenvalue weighted by Gasteiger charge is 2.23. The average molecular weight is 764 g/mol. The first-order valence-electron chi connectivity index (χ1n) is 20.6. The van der Waals surface area contributed by atoms with E-state index in [0.717, 1.165) is 50.1 Å². The third-order valence-electron chi connectivity index (χ3n) is 12.9. The lowest BCUT2D eigenvalue weighted by Crippen LogP contribution is -1.99. The van der Waals surface area contributed by atoms with Gasteiger partial charge in [0.25, 0.3) is 0 Å². The van der Waals surface area contributed by atoms with E-state index >= 15 is 0 Å². The molecule has 0 atom stereocenters. The van der Waals surface area contributed by atoms with E-state index < -0.39 is 0 Å². The maximum absolute atomic E-state index is 5.61. The van der Waals surface area contributed by atoms with E-state index in [1.165, 1.54) is 70.5 Å². The van der Waals surface area contributed by atoms with Gasteiger partial charge in [-0.3, -0.25) is 8.80 Å². The summed E-state index contributed by atoms with van der Waals surface area (Å²) >= 11 is 0. The normalized spacial score (nSPS) is 12.3. The molecule has 0 bridgehead atoms. The van der Waals surface area contributed by atoms with E-state index in [9.17, 15) is 0 Å². The quantitative estimate of drug-likeness (QED) is 0.173. The van der Waals surface area contributed by atoms with Crippen molar-refractivity contribution in [2.75, 3.05) is 0 Å². The van der Waals surface area contributed by atoms with Crippen LogP contribution in [0.3, 0.4) is 0 Å². The van der Waals surface area contributed by atoms with Crippen molar-refractivity contribution in [3.8, 4) is 11.4 Å². The fourth-order valence-corrected chi connectivity index (χ4v) is 10.5. The van der Waals surface area contributed by atoms with Crippen LogP contribution in [0.4, 0.5) is 0 Å². The molecule has 0 saturated carbocycles. The number of imidazole rings is 2. The van der Waals surface area contributed by atoms with Crippen molar-refractivity contribution < 1.29 is 0 Å². The van der Waals surface area contributed by atoms with Crippen LogP contribution in [0.5, 0.6) is 0 Å². The maximum Gasteiger partial charge on any atom is 0.220 e. The van der Waals surface area contributed by atoms with Crippen molar-refractivity contribution >= 4 is 109 Å². The van der Waals surface area contributed by atoms with Gasteiger partial charge in [-0.25, -0.2) is 4.98 Å². The number of aromatic nitrogens is 5. The van der Waals surface area contributed by atoms with Gasteiger partial charge < -0.3 is 9.13 Å². The zero-order chi connectivity index (χ0) is 39.1. The highest BCUT2D eigenvalue weighted by molar-refractivity contribution is 6.23. The second kappa shape index (κ2) is 11.7. The lowest BCUT2D eigenvalue weighted by Gasteiger charge is -2.13. The zero-order valence-electron chi connectivity index (χ0n) is 32.3. The number of hydrogen-bond donors (Lipinski definition) is 0. The second-order valence-electron chi connectivity index (χ2n) is 15.9. The summed E-state index contributed by atoms with van der Waals surface area (Å²) in [5, 5.41) is 12.1. The zero-order valence-corrected chi connectivity index (χ0v) is 32.3. The molecule has 0 unspecified atom stereocenters. The lowest BCUT2D eigenvalue weighted by atomic mass is 10.0. The van der Waals surface area contributed by atoms with Crippen molar-refractivity contribution in [3.63, 3.8) is 0 Å². The number of hydrogen-bond acceptors (Lipinski definition) is 1. The largest absolute Gasteiger partial charge is 0.309 e. The molecule has 60 heavy (non-hydrogen) atoms. The molecule has 5 nitrogen and oxygen atoms in total. The van der Waals surface area contributed by atoms with Crippen molar-refractivity contribution in [1.29, 1.82) is 0 Å². The van der Waals surface area contributed by atoms with E-state index in [1.807, 2.05) is 0 Å². The Morgan fingerprint density at radius 1 is 0.283 bits per heavy atom. The van der Waals surface area contributed by atoms with Crippen LogP contribution in [0.15, 0.2) is 200 Å². The van der Waals surface area contributed by atoms with Gasteiger partial charge in [0.05, 0.1) is 55.3 Å². The molecule has 0 aliphatic rings. The molecule has 0 N–H and O–H groups in total. The highest BCUT2D eigenvalue weighted by Crippen LogP contribution is 2.41. The summed E-state index contributed by atoms with van der Waals surface area (Å²) in [5.74, 6) is 0.873. The Hall–Kier alpha value is -8.15. The minimum absolute atomic E-state index is 0.873. The Morgan fingerprint density at radius 3 is 1.25 bits per heavy atom. The molecule has 0 aliphatic heterocycles. The molecule has 0 radical (unpaired) electrons. The first-order chi connectivity index (χ1) is 29.8. The number of nitrogens with zero attached hydrogens (tertiary/aromatic N) is 5. The Balaban J connectivity index is 1.25.